The molecule has 0 aliphatic carbocycles. The fraction of sp³-hybridized carbons (Fsp3) is 0.462. The molecule has 1 atom stereocenters. The van der Waals surface area contributed by atoms with Crippen LogP contribution >= 0.6 is 0 Å². The standard InChI is InChI=1S/C13H18N2O2/c16-13(4-3-12-2-1-9-17-12)15-8-6-11-5-7-14-10-11/h1-4,9,11,14H,5-8,10H2,(H,15,16). The Kier molecular flexibility index (Phi) is 4.38. The number of carbonyl (C=O) groups is 1. The van der Waals surface area contributed by atoms with Crippen LogP contribution in [0.1, 0.15) is 18.6 Å². The van der Waals surface area contributed by atoms with Crippen molar-refractivity contribution in [3.8, 4) is 0 Å². The van der Waals surface area contributed by atoms with Gasteiger partial charge in [-0.15, -0.1) is 0 Å². The average Bonchev–Trinajstić information content (AvgIpc) is 2.99. The van der Waals surface area contributed by atoms with Crippen LogP contribution in [0.15, 0.2) is 28.9 Å². The van der Waals surface area contributed by atoms with E-state index in [0.717, 1.165) is 26.1 Å². The molecule has 1 aliphatic heterocycles. The van der Waals surface area contributed by atoms with Crippen LogP contribution in [0.25, 0.3) is 6.08 Å². The molecule has 0 spiro atoms. The quantitative estimate of drug-likeness (QED) is 0.757. The molecule has 4 nitrogen and oxygen atoms in total. The minimum absolute atomic E-state index is 0.0626. The third-order valence-corrected chi connectivity index (χ3v) is 2.96. The first kappa shape index (κ1) is 11.9. The van der Waals surface area contributed by atoms with Crippen LogP contribution in [0.5, 0.6) is 0 Å². The maximum Gasteiger partial charge on any atom is 0.244 e. The molecule has 17 heavy (non-hydrogen) atoms. The maximum atomic E-state index is 11.5. The van der Waals surface area contributed by atoms with Crippen molar-refractivity contribution >= 4 is 12.0 Å². The number of hydrogen-bond acceptors (Lipinski definition) is 3. The summed E-state index contributed by atoms with van der Waals surface area (Å²) in [5.41, 5.74) is 0. The third kappa shape index (κ3) is 4.07. The Morgan fingerprint density at radius 3 is 3.29 bits per heavy atom. The molecule has 1 amide bonds. The summed E-state index contributed by atoms with van der Waals surface area (Å²) in [5.74, 6) is 1.34. The zero-order valence-electron chi connectivity index (χ0n) is 9.82. The van der Waals surface area contributed by atoms with E-state index in [0.29, 0.717) is 11.7 Å². The first-order valence-corrected chi connectivity index (χ1v) is 6.05. The molecule has 2 heterocycles. The minimum Gasteiger partial charge on any atom is -0.465 e. The molecule has 1 fully saturated rings. The minimum atomic E-state index is -0.0626. The van der Waals surface area contributed by atoms with Crippen molar-refractivity contribution in [1.29, 1.82) is 0 Å². The average molecular weight is 234 g/mol. The highest BCUT2D eigenvalue weighted by Crippen LogP contribution is 2.10. The molecule has 1 aromatic rings. The molecule has 1 unspecified atom stereocenters. The molecule has 0 aromatic carbocycles. The molecule has 0 bridgehead atoms. The fourth-order valence-corrected chi connectivity index (χ4v) is 1.96. The summed E-state index contributed by atoms with van der Waals surface area (Å²) in [6, 6.07) is 3.61. The Labute approximate surface area is 101 Å². The van der Waals surface area contributed by atoms with Gasteiger partial charge in [-0.2, -0.15) is 0 Å². The number of rotatable bonds is 5. The SMILES string of the molecule is O=C(C=Cc1ccco1)NCCC1CCNC1. The van der Waals surface area contributed by atoms with Crippen molar-refractivity contribution in [2.24, 2.45) is 5.92 Å². The Bertz CT molecular complexity index is 365. The number of nitrogens with one attached hydrogen (secondary N) is 2. The number of amides is 1. The lowest BCUT2D eigenvalue weighted by Crippen LogP contribution is -2.24. The summed E-state index contributed by atoms with van der Waals surface area (Å²) in [4.78, 5) is 11.5. The molecule has 2 N–H and O–H groups in total. The Morgan fingerprint density at radius 2 is 2.59 bits per heavy atom. The van der Waals surface area contributed by atoms with Gasteiger partial charge in [0.2, 0.25) is 5.91 Å². The highest BCUT2D eigenvalue weighted by Gasteiger charge is 2.13. The second kappa shape index (κ2) is 6.25. The first-order valence-electron chi connectivity index (χ1n) is 6.05. The molecule has 92 valence electrons. The van der Waals surface area contributed by atoms with Gasteiger partial charge < -0.3 is 15.1 Å². The lowest BCUT2D eigenvalue weighted by molar-refractivity contribution is -0.116. The summed E-state index contributed by atoms with van der Waals surface area (Å²) >= 11 is 0. The smallest absolute Gasteiger partial charge is 0.244 e. The third-order valence-electron chi connectivity index (χ3n) is 2.96. The van der Waals surface area contributed by atoms with E-state index >= 15 is 0 Å². The highest BCUT2D eigenvalue weighted by molar-refractivity contribution is 5.91. The van der Waals surface area contributed by atoms with E-state index < -0.39 is 0 Å². The van der Waals surface area contributed by atoms with Gasteiger partial charge in [-0.05, 0) is 50.1 Å². The highest BCUT2D eigenvalue weighted by atomic mass is 16.3. The number of furan rings is 1. The molecular weight excluding hydrogens is 216 g/mol. The van der Waals surface area contributed by atoms with E-state index in [1.165, 1.54) is 12.5 Å². The van der Waals surface area contributed by atoms with Crippen LogP contribution < -0.4 is 10.6 Å². The van der Waals surface area contributed by atoms with Gasteiger partial charge in [-0.25, -0.2) is 0 Å². The van der Waals surface area contributed by atoms with Gasteiger partial charge in [0.05, 0.1) is 6.26 Å². The van der Waals surface area contributed by atoms with Crippen molar-refractivity contribution in [3.05, 3.63) is 30.2 Å². The van der Waals surface area contributed by atoms with Crippen LogP contribution in [-0.4, -0.2) is 25.5 Å². The number of hydrogen-bond donors (Lipinski definition) is 2. The van der Waals surface area contributed by atoms with Crippen LogP contribution in [0.2, 0.25) is 0 Å². The topological polar surface area (TPSA) is 54.3 Å². The van der Waals surface area contributed by atoms with Gasteiger partial charge in [0, 0.05) is 12.6 Å². The number of carbonyl (C=O) groups excluding carboxylic acids is 1. The van der Waals surface area contributed by atoms with Gasteiger partial charge in [-0.3, -0.25) is 4.79 Å². The van der Waals surface area contributed by atoms with Gasteiger partial charge in [-0.1, -0.05) is 0 Å². The van der Waals surface area contributed by atoms with Crippen molar-refractivity contribution in [3.63, 3.8) is 0 Å². The van der Waals surface area contributed by atoms with E-state index in [9.17, 15) is 4.79 Å². The molecule has 1 saturated heterocycles. The predicted octanol–water partition coefficient (Wildman–Crippen LogP) is 1.41. The largest absolute Gasteiger partial charge is 0.465 e. The van der Waals surface area contributed by atoms with Crippen molar-refractivity contribution in [1.82, 2.24) is 10.6 Å². The van der Waals surface area contributed by atoms with E-state index in [-0.39, 0.29) is 5.91 Å². The zero-order chi connectivity index (χ0) is 11.9. The maximum absolute atomic E-state index is 11.5. The predicted molar refractivity (Wildman–Crippen MR) is 66.3 cm³/mol. The summed E-state index contributed by atoms with van der Waals surface area (Å²) in [7, 11) is 0. The molecule has 4 heteroatoms. The summed E-state index contributed by atoms with van der Waals surface area (Å²) < 4.78 is 5.09. The summed E-state index contributed by atoms with van der Waals surface area (Å²) in [5, 5.41) is 6.19. The van der Waals surface area contributed by atoms with Gasteiger partial charge in [0.25, 0.3) is 0 Å². The van der Waals surface area contributed by atoms with E-state index in [1.54, 1.807) is 18.4 Å². The van der Waals surface area contributed by atoms with Crippen molar-refractivity contribution in [2.75, 3.05) is 19.6 Å². The Balaban J connectivity index is 1.63. The Hall–Kier alpha value is -1.55. The van der Waals surface area contributed by atoms with Crippen molar-refractivity contribution in [2.45, 2.75) is 12.8 Å². The van der Waals surface area contributed by atoms with E-state index in [4.69, 9.17) is 4.42 Å². The molecule has 2 rings (SSSR count). The van der Waals surface area contributed by atoms with Crippen LogP contribution in [0.3, 0.4) is 0 Å². The van der Waals surface area contributed by atoms with Gasteiger partial charge in [0.15, 0.2) is 0 Å². The van der Waals surface area contributed by atoms with Crippen LogP contribution in [0, 0.1) is 5.92 Å². The Morgan fingerprint density at radius 1 is 1.65 bits per heavy atom. The second-order valence-electron chi connectivity index (χ2n) is 4.29. The van der Waals surface area contributed by atoms with E-state index in [2.05, 4.69) is 10.6 Å². The molecule has 1 aromatic heterocycles. The summed E-state index contributed by atoms with van der Waals surface area (Å²) in [6.45, 7) is 2.93. The van der Waals surface area contributed by atoms with Gasteiger partial charge in [0.1, 0.15) is 5.76 Å². The zero-order valence-corrected chi connectivity index (χ0v) is 9.82. The first-order chi connectivity index (χ1) is 8.34. The normalized spacial score (nSPS) is 19.9. The summed E-state index contributed by atoms with van der Waals surface area (Å²) in [6.07, 6.45) is 7.04. The molecular formula is C13H18N2O2. The van der Waals surface area contributed by atoms with Crippen molar-refractivity contribution < 1.29 is 9.21 Å². The van der Waals surface area contributed by atoms with E-state index in [1.807, 2.05) is 6.07 Å². The molecule has 0 radical (unpaired) electrons. The van der Waals surface area contributed by atoms with Gasteiger partial charge >= 0.3 is 0 Å². The monoisotopic (exact) mass is 234 g/mol. The lowest BCUT2D eigenvalue weighted by Gasteiger charge is -2.07. The molecule has 1 aliphatic rings. The van der Waals surface area contributed by atoms with Crippen LogP contribution in [0.4, 0.5) is 0 Å². The fourth-order valence-electron chi connectivity index (χ4n) is 1.96. The van der Waals surface area contributed by atoms with Crippen LogP contribution in [-0.2, 0) is 4.79 Å². The molecule has 0 saturated carbocycles. The second-order valence-corrected chi connectivity index (χ2v) is 4.29. The lowest BCUT2D eigenvalue weighted by atomic mass is 10.1.